The van der Waals surface area contributed by atoms with Crippen LogP contribution in [0, 0.1) is 5.82 Å². The van der Waals surface area contributed by atoms with Crippen LogP contribution in [0.4, 0.5) is 33.2 Å². The van der Waals surface area contributed by atoms with Crippen LogP contribution in [0.1, 0.15) is 24.2 Å². The summed E-state index contributed by atoms with van der Waals surface area (Å²) in [6.07, 6.45) is 1.38. The smallest absolute Gasteiger partial charge is 0.261 e. The molecule has 3 N–H and O–H groups in total. The predicted molar refractivity (Wildman–Crippen MR) is 148 cm³/mol. The highest BCUT2D eigenvalue weighted by Crippen LogP contribution is 2.33. The van der Waals surface area contributed by atoms with Gasteiger partial charge in [0, 0.05) is 22.0 Å². The number of hydrogen-bond donors (Lipinski definition) is 3. The van der Waals surface area contributed by atoms with E-state index in [0.29, 0.717) is 11.0 Å². The Balaban J connectivity index is 1.70. The molecule has 0 radical (unpaired) electrons. The van der Waals surface area contributed by atoms with Crippen molar-refractivity contribution in [3.8, 4) is 5.75 Å². The van der Waals surface area contributed by atoms with Gasteiger partial charge in [-0.3, -0.25) is 4.79 Å². The average Bonchev–Trinajstić information content (AvgIpc) is 2.88. The van der Waals surface area contributed by atoms with Crippen molar-refractivity contribution in [3.05, 3.63) is 89.3 Å². The minimum atomic E-state index is -0.646. The van der Waals surface area contributed by atoms with E-state index in [1.54, 1.807) is 31.0 Å². The van der Waals surface area contributed by atoms with Crippen LogP contribution in [0.25, 0.3) is 0 Å². The van der Waals surface area contributed by atoms with Crippen molar-refractivity contribution in [2.24, 2.45) is 0 Å². The van der Waals surface area contributed by atoms with Gasteiger partial charge >= 0.3 is 0 Å². The second-order valence-electron chi connectivity index (χ2n) is 8.15. The monoisotopic (exact) mass is 537 g/mol. The molecule has 4 rings (SSSR count). The van der Waals surface area contributed by atoms with E-state index in [1.807, 2.05) is 36.4 Å². The fourth-order valence-corrected chi connectivity index (χ4v) is 4.48. The number of nitrogens with zero attached hydrogens (tertiary/aromatic N) is 2. The number of carbonyl (C=O) groups excluding carboxylic acids is 1. The van der Waals surface area contributed by atoms with E-state index in [0.717, 1.165) is 16.3 Å². The second-order valence-corrected chi connectivity index (χ2v) is 10.2. The van der Waals surface area contributed by atoms with E-state index in [1.165, 1.54) is 24.4 Å². The summed E-state index contributed by atoms with van der Waals surface area (Å²) in [6.45, 7) is 4.19. The van der Waals surface area contributed by atoms with E-state index in [9.17, 15) is 9.18 Å². The van der Waals surface area contributed by atoms with Crippen molar-refractivity contribution >= 4 is 58.1 Å². The fourth-order valence-electron chi connectivity index (χ4n) is 3.36. The van der Waals surface area contributed by atoms with Gasteiger partial charge in [-0.1, -0.05) is 43.6 Å². The number of hydrogen-bond acceptors (Lipinski definition) is 7. The minimum absolute atomic E-state index is 0.0836. The number of rotatable bonds is 9. The van der Waals surface area contributed by atoms with Crippen LogP contribution >= 0.6 is 23.4 Å². The molecule has 0 aliphatic rings. The maximum Gasteiger partial charge on any atom is 0.261 e. The van der Waals surface area contributed by atoms with Crippen molar-refractivity contribution < 1.29 is 13.9 Å². The Hall–Kier alpha value is -3.82. The molecule has 3 aromatic carbocycles. The molecule has 0 saturated heterocycles. The zero-order chi connectivity index (χ0) is 26.4. The molecule has 0 aliphatic heterocycles. The van der Waals surface area contributed by atoms with Gasteiger partial charge in [-0.25, -0.2) is 9.37 Å². The van der Waals surface area contributed by atoms with Gasteiger partial charge in [-0.05, 0) is 48.5 Å². The lowest BCUT2D eigenvalue weighted by Gasteiger charge is -2.16. The van der Waals surface area contributed by atoms with Crippen molar-refractivity contribution in [3.63, 3.8) is 0 Å². The number of nitrogens with one attached hydrogen (secondary N) is 3. The summed E-state index contributed by atoms with van der Waals surface area (Å²) in [7, 11) is 1.59. The predicted octanol–water partition coefficient (Wildman–Crippen LogP) is 7.52. The Morgan fingerprint density at radius 1 is 1.03 bits per heavy atom. The molecule has 37 heavy (non-hydrogen) atoms. The van der Waals surface area contributed by atoms with Crippen LogP contribution in [-0.4, -0.2) is 28.2 Å². The molecule has 0 aliphatic carbocycles. The van der Waals surface area contributed by atoms with Gasteiger partial charge in [-0.2, -0.15) is 4.98 Å². The molecule has 1 heterocycles. The molecular weight excluding hydrogens is 513 g/mol. The molecule has 0 bridgehead atoms. The normalized spacial score (nSPS) is 10.8. The molecule has 0 spiro atoms. The molecule has 0 fully saturated rings. The number of ether oxygens (including phenoxy) is 1. The standard InChI is InChI=1S/C27H25ClFN5O2S/c1-16(2)37-23-10-5-4-9-22(23)32-25-19(26(35)33-24-20(28)7-6-8-21(24)29)15-30-27(34-25)31-17-11-13-18(36-3)14-12-17/h4-16H,1-3H3,(H,33,35)(H2,30,31,32,34). The van der Waals surface area contributed by atoms with Gasteiger partial charge < -0.3 is 20.7 Å². The number of aromatic nitrogens is 2. The Kier molecular flexibility index (Phi) is 8.47. The highest BCUT2D eigenvalue weighted by molar-refractivity contribution is 8.00. The quantitative estimate of drug-likeness (QED) is 0.190. The van der Waals surface area contributed by atoms with Crippen LogP contribution in [0.5, 0.6) is 5.75 Å². The van der Waals surface area contributed by atoms with Gasteiger partial charge in [-0.15, -0.1) is 11.8 Å². The number of carbonyl (C=O) groups is 1. The van der Waals surface area contributed by atoms with Crippen molar-refractivity contribution in [1.82, 2.24) is 9.97 Å². The number of benzene rings is 3. The largest absolute Gasteiger partial charge is 0.497 e. The van der Waals surface area contributed by atoms with Crippen LogP contribution in [-0.2, 0) is 0 Å². The molecule has 1 amide bonds. The zero-order valence-electron chi connectivity index (χ0n) is 20.4. The number of anilines is 5. The molecule has 10 heteroatoms. The Labute approximate surface area is 223 Å². The summed E-state index contributed by atoms with van der Waals surface area (Å²) < 4.78 is 19.5. The molecule has 0 atom stereocenters. The maximum absolute atomic E-state index is 14.3. The third-order valence-electron chi connectivity index (χ3n) is 5.08. The lowest BCUT2D eigenvalue weighted by molar-refractivity contribution is 0.102. The Morgan fingerprint density at radius 3 is 2.49 bits per heavy atom. The average molecular weight is 538 g/mol. The number of methoxy groups -OCH3 is 1. The van der Waals surface area contributed by atoms with Crippen molar-refractivity contribution in [1.29, 1.82) is 0 Å². The third-order valence-corrected chi connectivity index (χ3v) is 6.48. The lowest BCUT2D eigenvalue weighted by Crippen LogP contribution is -2.17. The number of para-hydroxylation sites is 2. The highest BCUT2D eigenvalue weighted by atomic mass is 35.5. The number of thioether (sulfide) groups is 1. The van der Waals surface area contributed by atoms with Crippen molar-refractivity contribution in [2.45, 2.75) is 24.0 Å². The van der Waals surface area contributed by atoms with E-state index >= 15 is 0 Å². The SMILES string of the molecule is COc1ccc(Nc2ncc(C(=O)Nc3c(F)cccc3Cl)c(Nc3ccccc3SC(C)C)n2)cc1. The van der Waals surface area contributed by atoms with E-state index < -0.39 is 11.7 Å². The first-order valence-electron chi connectivity index (χ1n) is 11.4. The first kappa shape index (κ1) is 26.2. The Bertz CT molecular complexity index is 1380. The first-order chi connectivity index (χ1) is 17.8. The summed E-state index contributed by atoms with van der Waals surface area (Å²) in [5.41, 5.74) is 1.51. The van der Waals surface area contributed by atoms with E-state index in [2.05, 4.69) is 39.8 Å². The molecular formula is C27H25ClFN5O2S. The molecule has 1 aromatic heterocycles. The topological polar surface area (TPSA) is 88.2 Å². The summed E-state index contributed by atoms with van der Waals surface area (Å²) in [6, 6.07) is 19.2. The van der Waals surface area contributed by atoms with Crippen molar-refractivity contribution in [2.75, 3.05) is 23.1 Å². The van der Waals surface area contributed by atoms with Gasteiger partial charge in [0.25, 0.3) is 5.91 Å². The van der Waals surface area contributed by atoms with E-state index in [-0.39, 0.29) is 28.0 Å². The molecule has 0 saturated carbocycles. The summed E-state index contributed by atoms with van der Waals surface area (Å²) in [4.78, 5) is 23.1. The van der Waals surface area contributed by atoms with Gasteiger partial charge in [0.1, 0.15) is 22.9 Å². The number of amides is 1. The van der Waals surface area contributed by atoms with E-state index in [4.69, 9.17) is 16.3 Å². The van der Waals surface area contributed by atoms with Gasteiger partial charge in [0.2, 0.25) is 5.95 Å². The Morgan fingerprint density at radius 2 is 1.78 bits per heavy atom. The molecule has 7 nitrogen and oxygen atoms in total. The molecule has 190 valence electrons. The zero-order valence-corrected chi connectivity index (χ0v) is 22.0. The fraction of sp³-hybridized carbons (Fsp3) is 0.148. The number of halogens is 2. The van der Waals surface area contributed by atoms with Gasteiger partial charge in [0.15, 0.2) is 0 Å². The maximum atomic E-state index is 14.3. The summed E-state index contributed by atoms with van der Waals surface area (Å²) in [5.74, 6) is -0.0333. The summed E-state index contributed by atoms with van der Waals surface area (Å²) >= 11 is 7.79. The highest BCUT2D eigenvalue weighted by Gasteiger charge is 2.19. The van der Waals surface area contributed by atoms with Crippen LogP contribution in [0.3, 0.4) is 0 Å². The minimum Gasteiger partial charge on any atom is -0.497 e. The second kappa shape index (κ2) is 11.9. The molecule has 4 aromatic rings. The molecule has 0 unspecified atom stereocenters. The van der Waals surface area contributed by atoms with Crippen LogP contribution < -0.4 is 20.7 Å². The first-order valence-corrected chi connectivity index (χ1v) is 12.7. The van der Waals surface area contributed by atoms with Crippen LogP contribution in [0.15, 0.2) is 77.8 Å². The lowest BCUT2D eigenvalue weighted by atomic mass is 10.2. The van der Waals surface area contributed by atoms with Gasteiger partial charge in [0.05, 0.1) is 23.5 Å². The summed E-state index contributed by atoms with van der Waals surface area (Å²) in [5, 5.41) is 9.36. The van der Waals surface area contributed by atoms with Crippen LogP contribution in [0.2, 0.25) is 5.02 Å². The third kappa shape index (κ3) is 6.69.